The van der Waals surface area contributed by atoms with Crippen molar-refractivity contribution in [2.24, 2.45) is 0 Å². The zero-order chi connectivity index (χ0) is 12.1. The Kier molecular flexibility index (Phi) is 3.44. The fraction of sp³-hybridized carbons (Fsp3) is 0. The van der Waals surface area contributed by atoms with E-state index in [4.69, 9.17) is 10.2 Å². The number of nitrogens with one attached hydrogen (secondary N) is 1. The Labute approximate surface area is 89.7 Å². The maximum atomic E-state index is 10.6. The first-order valence-electron chi connectivity index (χ1n) is 4.09. The van der Waals surface area contributed by atoms with Gasteiger partial charge in [-0.1, -0.05) is 0 Å². The molecule has 0 spiro atoms. The van der Waals surface area contributed by atoms with E-state index in [1.165, 1.54) is 18.3 Å². The van der Waals surface area contributed by atoms with Crippen LogP contribution in [0.3, 0.4) is 0 Å². The van der Waals surface area contributed by atoms with Crippen LogP contribution in [0.4, 0.5) is 5.82 Å². The van der Waals surface area contributed by atoms with Crippen molar-refractivity contribution in [1.29, 1.82) is 0 Å². The molecule has 4 N–H and O–H groups in total. The number of nitrogens with zero attached hydrogens (tertiary/aromatic N) is 1. The van der Waals surface area contributed by atoms with E-state index in [1.807, 2.05) is 0 Å². The van der Waals surface area contributed by atoms with E-state index < -0.39 is 17.6 Å². The first-order chi connectivity index (χ1) is 7.50. The number of hydrogen-bond donors (Lipinski definition) is 4. The summed E-state index contributed by atoms with van der Waals surface area (Å²) in [5.74, 6) is -3.29. The standard InChI is InChI=1S/C9H8N2O5/c12-6-2-1-3-10-8(6)11-5(9(15)16)4-7(13)14/h1-4,12H,(H,10,11)(H,13,14)(H,15,16)/b5-4-. The Hall–Kier alpha value is -2.57. The average molecular weight is 224 g/mol. The van der Waals surface area contributed by atoms with E-state index in [-0.39, 0.29) is 11.6 Å². The van der Waals surface area contributed by atoms with Gasteiger partial charge in [0.1, 0.15) is 5.70 Å². The lowest BCUT2D eigenvalue weighted by atomic mass is 10.3. The zero-order valence-electron chi connectivity index (χ0n) is 7.91. The van der Waals surface area contributed by atoms with Crippen LogP contribution in [0.25, 0.3) is 0 Å². The first-order valence-corrected chi connectivity index (χ1v) is 4.09. The van der Waals surface area contributed by atoms with Gasteiger partial charge in [-0.25, -0.2) is 14.6 Å². The van der Waals surface area contributed by atoms with Crippen molar-refractivity contribution in [2.45, 2.75) is 0 Å². The van der Waals surface area contributed by atoms with E-state index in [9.17, 15) is 14.7 Å². The molecule has 0 aliphatic heterocycles. The summed E-state index contributed by atoms with van der Waals surface area (Å²) in [6, 6.07) is 2.73. The number of rotatable bonds is 4. The Morgan fingerprint density at radius 1 is 1.38 bits per heavy atom. The normalized spacial score (nSPS) is 10.9. The van der Waals surface area contributed by atoms with Gasteiger partial charge in [-0.15, -0.1) is 0 Å². The van der Waals surface area contributed by atoms with Crippen molar-refractivity contribution >= 4 is 17.8 Å². The minimum atomic E-state index is -1.47. The van der Waals surface area contributed by atoms with E-state index in [2.05, 4.69) is 10.3 Å². The number of pyridine rings is 1. The largest absolute Gasteiger partial charge is 0.504 e. The molecule has 1 aromatic heterocycles. The maximum absolute atomic E-state index is 10.6. The number of carbonyl (C=O) groups is 2. The fourth-order valence-corrected chi connectivity index (χ4v) is 0.895. The van der Waals surface area contributed by atoms with Crippen molar-refractivity contribution in [2.75, 3.05) is 5.32 Å². The molecule has 0 saturated carbocycles. The zero-order valence-corrected chi connectivity index (χ0v) is 7.91. The van der Waals surface area contributed by atoms with Gasteiger partial charge < -0.3 is 20.6 Å². The van der Waals surface area contributed by atoms with Gasteiger partial charge in [0.25, 0.3) is 0 Å². The van der Waals surface area contributed by atoms with Crippen LogP contribution in [0.5, 0.6) is 5.75 Å². The van der Waals surface area contributed by atoms with Crippen molar-refractivity contribution in [3.63, 3.8) is 0 Å². The Morgan fingerprint density at radius 2 is 2.06 bits per heavy atom. The highest BCUT2D eigenvalue weighted by atomic mass is 16.4. The molecular weight excluding hydrogens is 216 g/mol. The third kappa shape index (κ3) is 2.98. The number of anilines is 1. The highest BCUT2D eigenvalue weighted by molar-refractivity contribution is 5.97. The van der Waals surface area contributed by atoms with Crippen LogP contribution in [0.15, 0.2) is 30.1 Å². The number of hydrogen-bond acceptors (Lipinski definition) is 5. The van der Waals surface area contributed by atoms with Gasteiger partial charge >= 0.3 is 11.9 Å². The molecule has 0 radical (unpaired) electrons. The first kappa shape index (κ1) is 11.5. The lowest BCUT2D eigenvalue weighted by Crippen LogP contribution is -2.13. The molecule has 0 aliphatic carbocycles. The molecule has 0 amide bonds. The van der Waals surface area contributed by atoms with Crippen LogP contribution in [-0.4, -0.2) is 32.2 Å². The van der Waals surface area contributed by atoms with Gasteiger partial charge in [-0.2, -0.15) is 0 Å². The summed E-state index contributed by atoms with van der Waals surface area (Å²) in [6.07, 6.45) is 1.79. The van der Waals surface area contributed by atoms with Crippen LogP contribution >= 0.6 is 0 Å². The summed E-state index contributed by atoms with van der Waals surface area (Å²) < 4.78 is 0. The molecule has 0 saturated heterocycles. The molecule has 7 heteroatoms. The summed E-state index contributed by atoms with van der Waals surface area (Å²) in [5, 5.41) is 28.6. The second-order valence-corrected chi connectivity index (χ2v) is 2.70. The van der Waals surface area contributed by atoms with Gasteiger partial charge in [0, 0.05) is 6.20 Å². The minimum Gasteiger partial charge on any atom is -0.504 e. The highest BCUT2D eigenvalue weighted by Crippen LogP contribution is 2.19. The fourth-order valence-electron chi connectivity index (χ4n) is 0.895. The lowest BCUT2D eigenvalue weighted by molar-refractivity contribution is -0.134. The molecule has 0 bridgehead atoms. The molecule has 0 fully saturated rings. The van der Waals surface area contributed by atoms with Crippen LogP contribution < -0.4 is 5.32 Å². The topological polar surface area (TPSA) is 120 Å². The summed E-state index contributed by atoms with van der Waals surface area (Å²) >= 11 is 0. The smallest absolute Gasteiger partial charge is 0.352 e. The van der Waals surface area contributed by atoms with Crippen LogP contribution in [0, 0.1) is 0 Å². The van der Waals surface area contributed by atoms with Gasteiger partial charge in [-0.05, 0) is 12.1 Å². The number of carboxylic acid groups (broad SMARTS) is 2. The van der Waals surface area contributed by atoms with Crippen LogP contribution in [0.2, 0.25) is 0 Å². The number of aromatic nitrogens is 1. The van der Waals surface area contributed by atoms with E-state index >= 15 is 0 Å². The number of carboxylic acids is 2. The summed E-state index contributed by atoms with van der Waals surface area (Å²) in [4.78, 5) is 24.6. The number of aliphatic carboxylic acids is 2. The van der Waals surface area contributed by atoms with Crippen molar-refractivity contribution < 1.29 is 24.9 Å². The molecule has 0 atom stereocenters. The molecule has 1 heterocycles. The SMILES string of the molecule is O=C(O)/C=C(\Nc1ncccc1O)C(=O)O. The van der Waals surface area contributed by atoms with Crippen molar-refractivity contribution in [3.05, 3.63) is 30.1 Å². The molecule has 16 heavy (non-hydrogen) atoms. The third-order valence-electron chi connectivity index (χ3n) is 1.54. The van der Waals surface area contributed by atoms with E-state index in [0.717, 1.165) is 0 Å². The summed E-state index contributed by atoms with van der Waals surface area (Å²) in [7, 11) is 0. The highest BCUT2D eigenvalue weighted by Gasteiger charge is 2.12. The quantitative estimate of drug-likeness (QED) is 0.541. The van der Waals surface area contributed by atoms with E-state index in [0.29, 0.717) is 6.08 Å². The Morgan fingerprint density at radius 3 is 2.56 bits per heavy atom. The third-order valence-corrected chi connectivity index (χ3v) is 1.54. The van der Waals surface area contributed by atoms with E-state index in [1.54, 1.807) is 0 Å². The van der Waals surface area contributed by atoms with Crippen molar-refractivity contribution in [3.8, 4) is 5.75 Å². The predicted molar refractivity (Wildman–Crippen MR) is 52.9 cm³/mol. The van der Waals surface area contributed by atoms with Gasteiger partial charge in [0.05, 0.1) is 6.08 Å². The molecule has 1 rings (SSSR count). The maximum Gasteiger partial charge on any atom is 0.352 e. The molecule has 84 valence electrons. The average Bonchev–Trinajstić information content (AvgIpc) is 2.19. The monoisotopic (exact) mass is 224 g/mol. The minimum absolute atomic E-state index is 0.127. The van der Waals surface area contributed by atoms with Gasteiger partial charge in [0.15, 0.2) is 11.6 Å². The molecule has 0 aliphatic rings. The second kappa shape index (κ2) is 4.78. The van der Waals surface area contributed by atoms with Crippen LogP contribution in [-0.2, 0) is 9.59 Å². The Bertz CT molecular complexity index is 455. The van der Waals surface area contributed by atoms with Gasteiger partial charge in [0.2, 0.25) is 0 Å². The molecular formula is C9H8N2O5. The second-order valence-electron chi connectivity index (χ2n) is 2.70. The van der Waals surface area contributed by atoms with Crippen molar-refractivity contribution in [1.82, 2.24) is 4.98 Å². The Balaban J connectivity index is 2.98. The molecule has 0 unspecified atom stereocenters. The van der Waals surface area contributed by atoms with Gasteiger partial charge in [-0.3, -0.25) is 0 Å². The molecule has 0 aromatic carbocycles. The summed E-state index contributed by atoms with van der Waals surface area (Å²) in [5.41, 5.74) is -0.596. The molecule has 1 aromatic rings. The van der Waals surface area contributed by atoms with Crippen LogP contribution in [0.1, 0.15) is 0 Å². The summed E-state index contributed by atoms with van der Waals surface area (Å²) in [6.45, 7) is 0. The number of aromatic hydroxyl groups is 1. The molecule has 7 nitrogen and oxygen atoms in total. The lowest BCUT2D eigenvalue weighted by Gasteiger charge is -2.06. The predicted octanol–water partition coefficient (Wildman–Crippen LogP) is 0.252.